The Hall–Kier alpha value is -1.81. The van der Waals surface area contributed by atoms with E-state index in [1.165, 1.54) is 17.7 Å². The summed E-state index contributed by atoms with van der Waals surface area (Å²) in [4.78, 5) is 0. The van der Waals surface area contributed by atoms with Crippen LogP contribution in [0.3, 0.4) is 0 Å². The summed E-state index contributed by atoms with van der Waals surface area (Å²) in [6, 6.07) is 3.22. The van der Waals surface area contributed by atoms with Gasteiger partial charge in [0.15, 0.2) is 0 Å². The second kappa shape index (κ2) is 10.6. The summed E-state index contributed by atoms with van der Waals surface area (Å²) >= 11 is 12.5. The number of hydrogen-bond acceptors (Lipinski definition) is 7. The van der Waals surface area contributed by atoms with E-state index in [0.29, 0.717) is 23.2 Å². The topological polar surface area (TPSA) is 55.0 Å². The molecule has 0 saturated carbocycles. The van der Waals surface area contributed by atoms with Gasteiger partial charge in [0.1, 0.15) is 17.7 Å². The molecule has 7 nitrogen and oxygen atoms in total. The third-order valence-electron chi connectivity index (χ3n) is 6.24. The maximum absolute atomic E-state index is 14.0. The van der Waals surface area contributed by atoms with E-state index in [0.717, 1.165) is 43.8 Å². The monoisotopic (exact) mass is 496 g/mol. The van der Waals surface area contributed by atoms with Crippen LogP contribution in [0.15, 0.2) is 47.5 Å². The minimum atomic E-state index is -0.511. The van der Waals surface area contributed by atoms with Crippen LogP contribution < -0.4 is 16.2 Å². The lowest BCUT2D eigenvalue weighted by molar-refractivity contribution is -0.0370. The highest BCUT2D eigenvalue weighted by Crippen LogP contribution is 2.36. The zero-order valence-corrected chi connectivity index (χ0v) is 20.7. The van der Waals surface area contributed by atoms with Crippen molar-refractivity contribution >= 4 is 23.2 Å². The van der Waals surface area contributed by atoms with Crippen molar-refractivity contribution in [3.05, 3.63) is 68.9 Å². The minimum absolute atomic E-state index is 0.00609. The summed E-state index contributed by atoms with van der Waals surface area (Å²) in [6.45, 7) is 5.14. The number of nitrogens with zero attached hydrogens (tertiary/aromatic N) is 3. The first kappa shape index (κ1) is 24.3. The van der Waals surface area contributed by atoms with E-state index in [9.17, 15) is 4.39 Å². The predicted octanol–water partition coefficient (Wildman–Crippen LogP) is 3.73. The van der Waals surface area contributed by atoms with Gasteiger partial charge in [-0.3, -0.25) is 5.01 Å². The highest BCUT2D eigenvalue weighted by molar-refractivity contribution is 6.36. The standard InChI is InChI=1S/C23H31Cl2FN6O/c1-15(22-20(24)4-5-21(26)23(22)25)33-19-10-16(11-30(14-19)27-2)17-12-31(32(13-17)28-3)18-6-8-29-9-7-18/h4-5,10-12,15,18,27-29H,6-9,13-14H2,1-3H3. The first-order valence-electron chi connectivity index (χ1n) is 11.2. The van der Waals surface area contributed by atoms with Crippen molar-refractivity contribution in [1.29, 1.82) is 0 Å². The summed E-state index contributed by atoms with van der Waals surface area (Å²) in [7, 11) is 3.81. The van der Waals surface area contributed by atoms with Crippen molar-refractivity contribution in [2.24, 2.45) is 0 Å². The molecule has 33 heavy (non-hydrogen) atoms. The molecule has 3 heterocycles. The lowest BCUT2D eigenvalue weighted by Gasteiger charge is -2.37. The number of benzene rings is 1. The molecule has 3 N–H and O–H groups in total. The van der Waals surface area contributed by atoms with Crippen molar-refractivity contribution in [3.63, 3.8) is 0 Å². The normalized spacial score (nSPS) is 21.1. The molecule has 1 aromatic rings. The van der Waals surface area contributed by atoms with E-state index in [-0.39, 0.29) is 5.02 Å². The van der Waals surface area contributed by atoms with Crippen molar-refractivity contribution in [2.45, 2.75) is 31.9 Å². The van der Waals surface area contributed by atoms with Crippen LogP contribution in [-0.4, -0.2) is 61.5 Å². The second-order valence-corrected chi connectivity index (χ2v) is 9.15. The van der Waals surface area contributed by atoms with E-state index in [1.807, 2.05) is 32.1 Å². The number of hydrogen-bond donors (Lipinski definition) is 3. The van der Waals surface area contributed by atoms with Gasteiger partial charge < -0.3 is 15.1 Å². The fraction of sp³-hybridized carbons (Fsp3) is 0.478. The fourth-order valence-electron chi connectivity index (χ4n) is 4.48. The first-order valence-corrected chi connectivity index (χ1v) is 12.0. The lowest BCUT2D eigenvalue weighted by atomic mass is 10.0. The first-order chi connectivity index (χ1) is 15.9. The molecule has 1 saturated heterocycles. The molecule has 4 rings (SSSR count). The molecule has 0 amide bonds. The van der Waals surface area contributed by atoms with Crippen LogP contribution in [0.5, 0.6) is 0 Å². The van der Waals surface area contributed by atoms with E-state index < -0.39 is 11.9 Å². The molecule has 10 heteroatoms. The van der Waals surface area contributed by atoms with Gasteiger partial charge in [-0.2, -0.15) is 5.12 Å². The van der Waals surface area contributed by atoms with Gasteiger partial charge in [0.2, 0.25) is 0 Å². The molecule has 3 aliphatic rings. The van der Waals surface area contributed by atoms with Gasteiger partial charge in [0.25, 0.3) is 0 Å². The van der Waals surface area contributed by atoms with Gasteiger partial charge in [-0.05, 0) is 56.6 Å². The summed E-state index contributed by atoms with van der Waals surface area (Å²) in [5, 5.41) is 10.2. The average Bonchev–Trinajstić information content (AvgIpc) is 3.27. The Bertz CT molecular complexity index is 963. The number of hydrazine groups is 3. The second-order valence-electron chi connectivity index (χ2n) is 8.36. The van der Waals surface area contributed by atoms with Crippen LogP contribution in [0.1, 0.15) is 31.4 Å². The number of rotatable bonds is 7. The van der Waals surface area contributed by atoms with Gasteiger partial charge in [-0.15, -0.1) is 0 Å². The molecule has 1 aromatic carbocycles. The SMILES string of the molecule is CNN1C=C(C2=CN(C3CCNCC3)N(NC)C2)C=C(OC(C)c2c(Cl)ccc(F)c2Cl)C1. The molecule has 3 aliphatic heterocycles. The Morgan fingerprint density at radius 1 is 1.12 bits per heavy atom. The van der Waals surface area contributed by atoms with Crippen LogP contribution in [0.25, 0.3) is 0 Å². The molecule has 1 atom stereocenters. The highest BCUT2D eigenvalue weighted by Gasteiger charge is 2.31. The number of halogens is 3. The molecule has 0 radical (unpaired) electrons. The van der Waals surface area contributed by atoms with Crippen LogP contribution in [-0.2, 0) is 4.74 Å². The number of allylic oxidation sites excluding steroid dienone is 1. The van der Waals surface area contributed by atoms with Crippen molar-refractivity contribution in [3.8, 4) is 0 Å². The summed E-state index contributed by atoms with van der Waals surface area (Å²) in [5.41, 5.74) is 9.15. The molecule has 0 aromatic heterocycles. The smallest absolute Gasteiger partial charge is 0.142 e. The predicted molar refractivity (Wildman–Crippen MR) is 129 cm³/mol. The Morgan fingerprint density at radius 2 is 1.88 bits per heavy atom. The number of ether oxygens (including phenoxy) is 1. The molecule has 0 spiro atoms. The summed E-state index contributed by atoms with van der Waals surface area (Å²) in [5.74, 6) is 0.228. The van der Waals surface area contributed by atoms with E-state index >= 15 is 0 Å². The van der Waals surface area contributed by atoms with Crippen LogP contribution in [0, 0.1) is 5.82 Å². The Morgan fingerprint density at radius 3 is 2.58 bits per heavy atom. The molecule has 1 unspecified atom stereocenters. The number of piperidine rings is 1. The quantitative estimate of drug-likeness (QED) is 0.497. The number of nitrogens with one attached hydrogen (secondary N) is 3. The van der Waals surface area contributed by atoms with Crippen LogP contribution in [0.2, 0.25) is 10.0 Å². The van der Waals surface area contributed by atoms with E-state index in [1.54, 1.807) is 0 Å². The zero-order chi connectivity index (χ0) is 23.5. The van der Waals surface area contributed by atoms with Crippen LogP contribution in [0.4, 0.5) is 4.39 Å². The van der Waals surface area contributed by atoms with Crippen LogP contribution >= 0.6 is 23.2 Å². The Balaban J connectivity index is 1.57. The third-order valence-corrected chi connectivity index (χ3v) is 6.95. The molecule has 1 fully saturated rings. The zero-order valence-electron chi connectivity index (χ0n) is 19.2. The van der Waals surface area contributed by atoms with Gasteiger partial charge >= 0.3 is 0 Å². The third kappa shape index (κ3) is 5.31. The Labute approximate surface area is 204 Å². The molecular formula is C23H31Cl2FN6O. The van der Waals surface area contributed by atoms with E-state index in [4.69, 9.17) is 27.9 Å². The van der Waals surface area contributed by atoms with Gasteiger partial charge in [0.05, 0.1) is 18.1 Å². The average molecular weight is 497 g/mol. The maximum Gasteiger partial charge on any atom is 0.142 e. The van der Waals surface area contributed by atoms with E-state index in [2.05, 4.69) is 38.7 Å². The van der Waals surface area contributed by atoms with Gasteiger partial charge in [-0.25, -0.2) is 15.2 Å². The molecule has 0 bridgehead atoms. The largest absolute Gasteiger partial charge is 0.488 e. The van der Waals surface area contributed by atoms with Crippen molar-refractivity contribution < 1.29 is 9.13 Å². The summed E-state index contributed by atoms with van der Waals surface area (Å²) < 4.78 is 20.3. The van der Waals surface area contributed by atoms with Gasteiger partial charge in [-0.1, -0.05) is 23.2 Å². The van der Waals surface area contributed by atoms with Crippen molar-refractivity contribution in [1.82, 2.24) is 31.3 Å². The van der Waals surface area contributed by atoms with Crippen molar-refractivity contribution in [2.75, 3.05) is 40.3 Å². The molecule has 180 valence electrons. The van der Waals surface area contributed by atoms with Gasteiger partial charge in [0, 0.05) is 48.7 Å². The Kier molecular flexibility index (Phi) is 7.83. The maximum atomic E-state index is 14.0. The minimum Gasteiger partial charge on any atom is -0.488 e. The fourth-order valence-corrected chi connectivity index (χ4v) is 5.15. The molecule has 0 aliphatic carbocycles. The lowest BCUT2D eigenvalue weighted by Crippen LogP contribution is -2.51. The summed E-state index contributed by atoms with van der Waals surface area (Å²) in [6.07, 6.45) is 8.01. The highest BCUT2D eigenvalue weighted by atomic mass is 35.5. The molecular weight excluding hydrogens is 466 g/mol.